The van der Waals surface area contributed by atoms with E-state index in [4.69, 9.17) is 5.11 Å². The molecule has 2 N–H and O–H groups in total. The predicted octanol–water partition coefficient (Wildman–Crippen LogP) is 1.84. The van der Waals surface area contributed by atoms with Gasteiger partial charge in [0.05, 0.1) is 5.75 Å². The molecule has 18 heavy (non-hydrogen) atoms. The Balaban J connectivity index is 4.67. The van der Waals surface area contributed by atoms with E-state index in [0.29, 0.717) is 12.8 Å². The maximum Gasteiger partial charge on any atom is 0.322 e. The molecule has 0 saturated heterocycles. The van der Waals surface area contributed by atoms with Gasteiger partial charge < -0.3 is 5.11 Å². The third-order valence-corrected chi connectivity index (χ3v) is 4.26. The number of carboxylic acid groups (broad SMARTS) is 1. The second kappa shape index (κ2) is 6.52. The summed E-state index contributed by atoms with van der Waals surface area (Å²) in [6.45, 7) is 9.42. The minimum atomic E-state index is -3.54. The molecule has 0 amide bonds. The Morgan fingerprint density at radius 3 is 2.17 bits per heavy atom. The van der Waals surface area contributed by atoms with Crippen molar-refractivity contribution < 1.29 is 18.3 Å². The summed E-state index contributed by atoms with van der Waals surface area (Å²) in [6, 6.07) is -1.04. The van der Waals surface area contributed by atoms with Crippen LogP contribution < -0.4 is 4.72 Å². The standard InChI is InChI=1S/C12H25NO4S/c1-6-9(2)10(11(14)15)13-18(16,17)8-7-12(3,4)5/h9-10,13H,6-8H2,1-5H3,(H,14,15). The highest BCUT2D eigenvalue weighted by molar-refractivity contribution is 7.89. The van der Waals surface area contributed by atoms with Gasteiger partial charge in [-0.2, -0.15) is 0 Å². The van der Waals surface area contributed by atoms with Gasteiger partial charge in [-0.1, -0.05) is 41.0 Å². The molecular formula is C12H25NO4S. The zero-order valence-electron chi connectivity index (χ0n) is 11.9. The van der Waals surface area contributed by atoms with Crippen LogP contribution in [0, 0.1) is 11.3 Å². The minimum Gasteiger partial charge on any atom is -0.480 e. The van der Waals surface area contributed by atoms with Crippen molar-refractivity contribution >= 4 is 16.0 Å². The third-order valence-electron chi connectivity index (χ3n) is 2.91. The molecule has 0 radical (unpaired) electrons. The van der Waals surface area contributed by atoms with Gasteiger partial charge in [-0.25, -0.2) is 13.1 Å². The molecule has 0 spiro atoms. The normalized spacial score (nSPS) is 16.3. The van der Waals surface area contributed by atoms with Crippen molar-refractivity contribution in [3.05, 3.63) is 0 Å². The fraction of sp³-hybridized carbons (Fsp3) is 0.917. The number of sulfonamides is 1. The molecule has 0 rings (SSSR count). The number of carbonyl (C=O) groups is 1. The predicted molar refractivity (Wildman–Crippen MR) is 71.9 cm³/mol. The Bertz CT molecular complexity index is 370. The molecular weight excluding hydrogens is 254 g/mol. The lowest BCUT2D eigenvalue weighted by atomic mass is 9.94. The van der Waals surface area contributed by atoms with Crippen molar-refractivity contribution in [2.45, 2.75) is 53.5 Å². The first-order valence-electron chi connectivity index (χ1n) is 6.21. The first-order valence-corrected chi connectivity index (χ1v) is 7.86. The number of carboxylic acids is 1. The van der Waals surface area contributed by atoms with Gasteiger partial charge in [0, 0.05) is 0 Å². The van der Waals surface area contributed by atoms with Crippen molar-refractivity contribution in [2.24, 2.45) is 11.3 Å². The quantitative estimate of drug-likeness (QED) is 0.745. The van der Waals surface area contributed by atoms with Crippen LogP contribution in [-0.2, 0) is 14.8 Å². The molecule has 2 atom stereocenters. The van der Waals surface area contributed by atoms with Gasteiger partial charge in [0.25, 0.3) is 0 Å². The second-order valence-corrected chi connectivity index (χ2v) is 7.82. The van der Waals surface area contributed by atoms with E-state index >= 15 is 0 Å². The first kappa shape index (κ1) is 17.4. The molecule has 0 saturated carbocycles. The summed E-state index contributed by atoms with van der Waals surface area (Å²) in [7, 11) is -3.54. The average molecular weight is 279 g/mol. The summed E-state index contributed by atoms with van der Waals surface area (Å²) in [5, 5.41) is 9.04. The van der Waals surface area contributed by atoms with Crippen molar-refractivity contribution in [2.75, 3.05) is 5.75 Å². The summed E-state index contributed by atoms with van der Waals surface area (Å²) in [5.74, 6) is -1.40. The van der Waals surface area contributed by atoms with E-state index in [1.165, 1.54) is 0 Å². The molecule has 0 aromatic heterocycles. The zero-order chi connectivity index (χ0) is 14.6. The van der Waals surface area contributed by atoms with E-state index in [-0.39, 0.29) is 17.1 Å². The number of hydrogen-bond donors (Lipinski definition) is 2. The van der Waals surface area contributed by atoms with E-state index in [1.54, 1.807) is 6.92 Å². The van der Waals surface area contributed by atoms with Gasteiger partial charge in [-0.15, -0.1) is 0 Å². The Hall–Kier alpha value is -0.620. The van der Waals surface area contributed by atoms with Crippen LogP contribution in [0.25, 0.3) is 0 Å². The van der Waals surface area contributed by atoms with E-state index in [9.17, 15) is 13.2 Å². The monoisotopic (exact) mass is 279 g/mol. The maximum absolute atomic E-state index is 11.8. The van der Waals surface area contributed by atoms with Gasteiger partial charge in [0.15, 0.2) is 0 Å². The summed E-state index contributed by atoms with van der Waals surface area (Å²) in [6.07, 6.45) is 1.11. The molecule has 6 heteroatoms. The van der Waals surface area contributed by atoms with Gasteiger partial charge in [0.1, 0.15) is 6.04 Å². The summed E-state index contributed by atoms with van der Waals surface area (Å²) >= 11 is 0. The van der Waals surface area contributed by atoms with Crippen LogP contribution in [0.5, 0.6) is 0 Å². The lowest BCUT2D eigenvalue weighted by molar-refractivity contribution is -0.140. The van der Waals surface area contributed by atoms with Crippen LogP contribution in [0.2, 0.25) is 0 Å². The Morgan fingerprint density at radius 1 is 1.33 bits per heavy atom. The number of aliphatic carboxylic acids is 1. The highest BCUT2D eigenvalue weighted by atomic mass is 32.2. The Morgan fingerprint density at radius 2 is 1.83 bits per heavy atom. The highest BCUT2D eigenvalue weighted by Gasteiger charge is 2.28. The number of rotatable bonds is 7. The molecule has 0 aromatic rings. The van der Waals surface area contributed by atoms with E-state index in [2.05, 4.69) is 4.72 Å². The van der Waals surface area contributed by atoms with Crippen LogP contribution >= 0.6 is 0 Å². The molecule has 0 aliphatic carbocycles. The fourth-order valence-corrected chi connectivity index (χ4v) is 3.06. The van der Waals surface area contributed by atoms with Crippen molar-refractivity contribution in [1.29, 1.82) is 0 Å². The summed E-state index contributed by atoms with van der Waals surface area (Å²) in [4.78, 5) is 11.1. The van der Waals surface area contributed by atoms with Gasteiger partial charge in [-0.3, -0.25) is 4.79 Å². The maximum atomic E-state index is 11.8. The molecule has 0 bridgehead atoms. The third kappa shape index (κ3) is 6.96. The van der Waals surface area contributed by atoms with Crippen LogP contribution in [-0.4, -0.2) is 31.3 Å². The van der Waals surface area contributed by atoms with E-state index in [0.717, 1.165) is 0 Å². The largest absolute Gasteiger partial charge is 0.480 e. The SMILES string of the molecule is CCC(C)C(NS(=O)(=O)CCC(C)(C)C)C(=O)O. The lowest BCUT2D eigenvalue weighted by Gasteiger charge is -2.22. The molecule has 0 fully saturated rings. The molecule has 0 aromatic carbocycles. The average Bonchev–Trinajstić information content (AvgIpc) is 2.21. The van der Waals surface area contributed by atoms with Crippen molar-refractivity contribution in [1.82, 2.24) is 4.72 Å². The smallest absolute Gasteiger partial charge is 0.322 e. The van der Waals surface area contributed by atoms with Crippen LogP contribution in [0.15, 0.2) is 0 Å². The minimum absolute atomic E-state index is 0.0449. The van der Waals surface area contributed by atoms with Crippen LogP contribution in [0.1, 0.15) is 47.5 Å². The topological polar surface area (TPSA) is 83.5 Å². The second-order valence-electron chi connectivity index (χ2n) is 5.95. The summed E-state index contributed by atoms with van der Waals surface area (Å²) < 4.78 is 26.0. The summed E-state index contributed by atoms with van der Waals surface area (Å²) in [5.41, 5.74) is -0.0934. The molecule has 0 aliphatic rings. The molecule has 108 valence electrons. The van der Waals surface area contributed by atoms with Gasteiger partial charge >= 0.3 is 5.97 Å². The zero-order valence-corrected chi connectivity index (χ0v) is 12.7. The fourth-order valence-electron chi connectivity index (χ4n) is 1.34. The van der Waals surface area contributed by atoms with Crippen LogP contribution in [0.4, 0.5) is 0 Å². The Kier molecular flexibility index (Phi) is 6.29. The van der Waals surface area contributed by atoms with Crippen LogP contribution in [0.3, 0.4) is 0 Å². The van der Waals surface area contributed by atoms with Crippen molar-refractivity contribution in [3.8, 4) is 0 Å². The number of hydrogen-bond acceptors (Lipinski definition) is 3. The molecule has 2 unspecified atom stereocenters. The highest BCUT2D eigenvalue weighted by Crippen LogP contribution is 2.19. The van der Waals surface area contributed by atoms with E-state index in [1.807, 2.05) is 27.7 Å². The first-order chi connectivity index (χ1) is 7.98. The Labute approximate surface area is 110 Å². The molecule has 0 heterocycles. The van der Waals surface area contributed by atoms with Crippen molar-refractivity contribution in [3.63, 3.8) is 0 Å². The lowest BCUT2D eigenvalue weighted by Crippen LogP contribution is -2.46. The van der Waals surface area contributed by atoms with Gasteiger partial charge in [0.2, 0.25) is 10.0 Å². The number of nitrogens with one attached hydrogen (secondary N) is 1. The molecule has 5 nitrogen and oxygen atoms in total. The van der Waals surface area contributed by atoms with Gasteiger partial charge in [-0.05, 0) is 17.8 Å². The van der Waals surface area contributed by atoms with E-state index < -0.39 is 22.0 Å². The molecule has 0 aliphatic heterocycles.